The van der Waals surface area contributed by atoms with Gasteiger partial charge in [-0.25, -0.2) is 4.79 Å². The van der Waals surface area contributed by atoms with Gasteiger partial charge in [-0.15, -0.1) is 11.3 Å². The van der Waals surface area contributed by atoms with E-state index in [1.54, 1.807) is 18.5 Å². The maximum Gasteiger partial charge on any atom is 0.348 e. The highest BCUT2D eigenvalue weighted by molar-refractivity contribution is 7.17. The van der Waals surface area contributed by atoms with Crippen molar-refractivity contribution in [2.24, 2.45) is 0 Å². The standard InChI is InChI=1S/C18H16N2O2S/c1-22-18(21)17-8-7-16(23-17)14-9-10-19-12-15(14)20-11-13-5-3-2-4-6-13/h2-10,12,20H,11H2,1H3. The number of ether oxygens (including phenoxy) is 1. The van der Waals surface area contributed by atoms with E-state index in [2.05, 4.69) is 22.4 Å². The molecule has 0 atom stereocenters. The number of rotatable bonds is 5. The van der Waals surface area contributed by atoms with Crippen LogP contribution < -0.4 is 5.32 Å². The second kappa shape index (κ2) is 7.07. The Bertz CT molecular complexity index is 800. The summed E-state index contributed by atoms with van der Waals surface area (Å²) in [6.07, 6.45) is 3.55. The summed E-state index contributed by atoms with van der Waals surface area (Å²) in [5.41, 5.74) is 3.16. The third-order valence-electron chi connectivity index (χ3n) is 3.40. The molecule has 23 heavy (non-hydrogen) atoms. The average molecular weight is 324 g/mol. The van der Waals surface area contributed by atoms with E-state index >= 15 is 0 Å². The topological polar surface area (TPSA) is 51.2 Å². The van der Waals surface area contributed by atoms with Crippen LogP contribution in [0, 0.1) is 0 Å². The van der Waals surface area contributed by atoms with Gasteiger partial charge in [-0.05, 0) is 23.8 Å². The van der Waals surface area contributed by atoms with E-state index in [-0.39, 0.29) is 5.97 Å². The largest absolute Gasteiger partial charge is 0.465 e. The van der Waals surface area contributed by atoms with Gasteiger partial charge in [0, 0.05) is 23.2 Å². The Morgan fingerprint density at radius 1 is 1.17 bits per heavy atom. The fourth-order valence-electron chi connectivity index (χ4n) is 2.24. The van der Waals surface area contributed by atoms with Crippen molar-refractivity contribution in [2.45, 2.75) is 6.54 Å². The first-order valence-electron chi connectivity index (χ1n) is 7.18. The number of carbonyl (C=O) groups is 1. The molecule has 0 saturated carbocycles. The molecule has 0 aliphatic rings. The molecule has 5 heteroatoms. The van der Waals surface area contributed by atoms with Crippen LogP contribution in [0.2, 0.25) is 0 Å². The van der Waals surface area contributed by atoms with Crippen LogP contribution in [0.25, 0.3) is 10.4 Å². The zero-order valence-corrected chi connectivity index (χ0v) is 13.5. The first-order chi connectivity index (χ1) is 11.3. The van der Waals surface area contributed by atoms with Gasteiger partial charge in [-0.2, -0.15) is 0 Å². The lowest BCUT2D eigenvalue weighted by molar-refractivity contribution is 0.0606. The summed E-state index contributed by atoms with van der Waals surface area (Å²) in [5, 5.41) is 3.41. The van der Waals surface area contributed by atoms with Gasteiger partial charge in [-0.1, -0.05) is 30.3 Å². The summed E-state index contributed by atoms with van der Waals surface area (Å²) in [6, 6.07) is 15.8. The Morgan fingerprint density at radius 2 is 2.00 bits per heavy atom. The molecule has 3 aromatic rings. The number of pyridine rings is 1. The first-order valence-corrected chi connectivity index (χ1v) is 8.00. The van der Waals surface area contributed by atoms with Crippen molar-refractivity contribution in [1.29, 1.82) is 0 Å². The van der Waals surface area contributed by atoms with Gasteiger partial charge >= 0.3 is 5.97 Å². The number of hydrogen-bond acceptors (Lipinski definition) is 5. The van der Waals surface area contributed by atoms with Gasteiger partial charge in [0.25, 0.3) is 0 Å². The van der Waals surface area contributed by atoms with E-state index in [0.717, 1.165) is 22.7 Å². The number of nitrogens with zero attached hydrogens (tertiary/aromatic N) is 1. The predicted molar refractivity (Wildman–Crippen MR) is 92.7 cm³/mol. The molecule has 0 bridgehead atoms. The number of esters is 1. The molecular formula is C18H16N2O2S. The second-order valence-corrected chi connectivity index (χ2v) is 6.00. The summed E-state index contributed by atoms with van der Waals surface area (Å²) < 4.78 is 4.76. The second-order valence-electron chi connectivity index (χ2n) is 4.92. The smallest absolute Gasteiger partial charge is 0.348 e. The minimum absolute atomic E-state index is 0.311. The summed E-state index contributed by atoms with van der Waals surface area (Å²) in [6.45, 7) is 0.717. The summed E-state index contributed by atoms with van der Waals surface area (Å²) in [7, 11) is 1.39. The Balaban J connectivity index is 1.83. The number of aromatic nitrogens is 1. The van der Waals surface area contributed by atoms with Crippen LogP contribution in [0.15, 0.2) is 60.9 Å². The minimum atomic E-state index is -0.311. The van der Waals surface area contributed by atoms with Crippen LogP contribution in [0.1, 0.15) is 15.2 Å². The van der Waals surface area contributed by atoms with Crippen molar-refractivity contribution in [3.63, 3.8) is 0 Å². The van der Waals surface area contributed by atoms with E-state index in [1.165, 1.54) is 24.0 Å². The van der Waals surface area contributed by atoms with Crippen molar-refractivity contribution < 1.29 is 9.53 Å². The lowest BCUT2D eigenvalue weighted by atomic mass is 10.1. The summed E-state index contributed by atoms with van der Waals surface area (Å²) >= 11 is 1.41. The molecule has 0 saturated heterocycles. The van der Waals surface area contributed by atoms with Crippen LogP contribution in [-0.4, -0.2) is 18.1 Å². The zero-order chi connectivity index (χ0) is 16.1. The first kappa shape index (κ1) is 15.2. The molecule has 1 aromatic carbocycles. The van der Waals surface area contributed by atoms with E-state index in [0.29, 0.717) is 4.88 Å². The molecule has 0 aliphatic carbocycles. The lowest BCUT2D eigenvalue weighted by Crippen LogP contribution is -2.00. The van der Waals surface area contributed by atoms with Gasteiger partial charge in [-0.3, -0.25) is 4.98 Å². The highest BCUT2D eigenvalue weighted by Gasteiger charge is 2.12. The van der Waals surface area contributed by atoms with Crippen LogP contribution in [0.3, 0.4) is 0 Å². The molecule has 4 nitrogen and oxygen atoms in total. The van der Waals surface area contributed by atoms with Gasteiger partial charge in [0.2, 0.25) is 0 Å². The van der Waals surface area contributed by atoms with Crippen LogP contribution >= 0.6 is 11.3 Å². The predicted octanol–water partition coefficient (Wildman–Crippen LogP) is 4.21. The quantitative estimate of drug-likeness (QED) is 0.714. The Hall–Kier alpha value is -2.66. The van der Waals surface area contributed by atoms with Gasteiger partial charge in [0.15, 0.2) is 0 Å². The number of anilines is 1. The number of hydrogen-bond donors (Lipinski definition) is 1. The zero-order valence-electron chi connectivity index (χ0n) is 12.7. The lowest BCUT2D eigenvalue weighted by Gasteiger charge is -2.10. The van der Waals surface area contributed by atoms with Crippen molar-refractivity contribution in [1.82, 2.24) is 4.98 Å². The Morgan fingerprint density at radius 3 is 2.78 bits per heavy atom. The van der Waals surface area contributed by atoms with Gasteiger partial charge in [0.05, 0.1) is 19.0 Å². The van der Waals surface area contributed by atoms with E-state index in [4.69, 9.17) is 4.74 Å². The fourth-order valence-corrected chi connectivity index (χ4v) is 3.20. The minimum Gasteiger partial charge on any atom is -0.465 e. The van der Waals surface area contributed by atoms with E-state index in [9.17, 15) is 4.79 Å². The van der Waals surface area contributed by atoms with Crippen molar-refractivity contribution in [3.8, 4) is 10.4 Å². The van der Waals surface area contributed by atoms with E-state index < -0.39 is 0 Å². The fraction of sp³-hybridized carbons (Fsp3) is 0.111. The molecule has 0 amide bonds. The van der Waals surface area contributed by atoms with E-state index in [1.807, 2.05) is 30.3 Å². The van der Waals surface area contributed by atoms with Crippen molar-refractivity contribution in [2.75, 3.05) is 12.4 Å². The monoisotopic (exact) mass is 324 g/mol. The molecule has 0 spiro atoms. The number of thiophene rings is 1. The van der Waals surface area contributed by atoms with Crippen LogP contribution in [0.4, 0.5) is 5.69 Å². The molecule has 0 radical (unpaired) electrons. The SMILES string of the molecule is COC(=O)c1ccc(-c2ccncc2NCc2ccccc2)s1. The molecule has 2 heterocycles. The number of methoxy groups -OCH3 is 1. The van der Waals surface area contributed by atoms with Gasteiger partial charge < -0.3 is 10.1 Å². The van der Waals surface area contributed by atoms with Gasteiger partial charge in [0.1, 0.15) is 4.88 Å². The Labute approximate surface area is 138 Å². The number of benzene rings is 1. The van der Waals surface area contributed by atoms with Crippen molar-refractivity contribution in [3.05, 3.63) is 71.4 Å². The molecule has 2 aromatic heterocycles. The highest BCUT2D eigenvalue weighted by Crippen LogP contribution is 2.33. The third-order valence-corrected chi connectivity index (χ3v) is 4.50. The number of carbonyl (C=O) groups excluding carboxylic acids is 1. The molecule has 0 aliphatic heterocycles. The third kappa shape index (κ3) is 3.57. The Kier molecular flexibility index (Phi) is 4.68. The number of nitrogens with one attached hydrogen (secondary N) is 1. The summed E-state index contributed by atoms with van der Waals surface area (Å²) in [4.78, 5) is 17.4. The normalized spacial score (nSPS) is 10.3. The molecule has 1 N–H and O–H groups in total. The molecule has 116 valence electrons. The maximum atomic E-state index is 11.6. The molecular weight excluding hydrogens is 308 g/mol. The average Bonchev–Trinajstić information content (AvgIpc) is 3.10. The maximum absolute atomic E-state index is 11.6. The highest BCUT2D eigenvalue weighted by atomic mass is 32.1. The molecule has 3 rings (SSSR count). The van der Waals surface area contributed by atoms with Crippen LogP contribution in [0.5, 0.6) is 0 Å². The van der Waals surface area contributed by atoms with Crippen molar-refractivity contribution >= 4 is 23.0 Å². The molecule has 0 fully saturated rings. The summed E-state index contributed by atoms with van der Waals surface area (Å²) in [5.74, 6) is -0.311. The molecule has 0 unspecified atom stereocenters. The van der Waals surface area contributed by atoms with Crippen LogP contribution in [-0.2, 0) is 11.3 Å².